The van der Waals surface area contributed by atoms with Gasteiger partial charge in [0, 0.05) is 18.6 Å². The first kappa shape index (κ1) is 15.9. The second-order valence-electron chi connectivity index (χ2n) is 5.46. The molecule has 1 aliphatic carbocycles. The van der Waals surface area contributed by atoms with Crippen molar-refractivity contribution in [3.05, 3.63) is 0 Å². The Labute approximate surface area is 112 Å². The van der Waals surface area contributed by atoms with E-state index in [-0.39, 0.29) is 0 Å². The molecule has 0 bridgehead atoms. The van der Waals surface area contributed by atoms with Crippen molar-refractivity contribution in [1.82, 2.24) is 16.0 Å². The van der Waals surface area contributed by atoms with E-state index in [0.29, 0.717) is 18.2 Å². The summed E-state index contributed by atoms with van der Waals surface area (Å²) in [4.78, 5) is 0. The molecule has 1 fully saturated rings. The molecule has 0 aromatic carbocycles. The average Bonchev–Trinajstić information content (AvgIpc) is 2.39. The van der Waals surface area contributed by atoms with Crippen LogP contribution in [0.2, 0.25) is 0 Å². The summed E-state index contributed by atoms with van der Waals surface area (Å²) in [5.41, 5.74) is 5.73. The Hall–Kier alpha value is -0.160. The number of nitrogens with one attached hydrogen (secondary N) is 3. The van der Waals surface area contributed by atoms with Crippen molar-refractivity contribution in [2.45, 2.75) is 70.1 Å². The number of hydrogen-bond acceptors (Lipinski definition) is 4. The van der Waals surface area contributed by atoms with E-state index in [2.05, 4.69) is 22.9 Å². The Bertz CT molecular complexity index is 185. The molecule has 1 rings (SSSR count). The van der Waals surface area contributed by atoms with Crippen LogP contribution in [0.1, 0.15) is 51.9 Å². The third kappa shape index (κ3) is 6.14. The first-order valence-corrected chi connectivity index (χ1v) is 7.66. The highest BCUT2D eigenvalue weighted by Gasteiger charge is 2.19. The molecule has 0 spiro atoms. The van der Waals surface area contributed by atoms with Gasteiger partial charge < -0.3 is 11.1 Å². The SMILES string of the molecule is CCC(CNC)NC(CCN)NC1CCCCC1. The third-order valence-corrected chi connectivity index (χ3v) is 3.88. The molecule has 0 amide bonds. The maximum absolute atomic E-state index is 5.73. The smallest absolute Gasteiger partial charge is 0.0588 e. The van der Waals surface area contributed by atoms with Gasteiger partial charge in [0.2, 0.25) is 0 Å². The fourth-order valence-electron chi connectivity index (χ4n) is 2.79. The van der Waals surface area contributed by atoms with E-state index in [1.54, 1.807) is 0 Å². The molecule has 0 saturated heterocycles. The molecule has 0 aliphatic heterocycles. The van der Waals surface area contributed by atoms with Crippen LogP contribution >= 0.6 is 0 Å². The van der Waals surface area contributed by atoms with Crippen LogP contribution < -0.4 is 21.7 Å². The van der Waals surface area contributed by atoms with E-state index in [0.717, 1.165) is 25.9 Å². The van der Waals surface area contributed by atoms with E-state index >= 15 is 0 Å². The van der Waals surface area contributed by atoms with Crippen molar-refractivity contribution >= 4 is 0 Å². The van der Waals surface area contributed by atoms with Gasteiger partial charge in [0.05, 0.1) is 6.17 Å². The molecule has 1 saturated carbocycles. The predicted octanol–water partition coefficient (Wildman–Crippen LogP) is 1.17. The Morgan fingerprint density at radius 1 is 1.22 bits per heavy atom. The van der Waals surface area contributed by atoms with Crippen molar-refractivity contribution in [2.75, 3.05) is 20.1 Å². The number of nitrogens with two attached hydrogens (primary N) is 1. The summed E-state index contributed by atoms with van der Waals surface area (Å²) < 4.78 is 0. The third-order valence-electron chi connectivity index (χ3n) is 3.88. The summed E-state index contributed by atoms with van der Waals surface area (Å²) in [6.45, 7) is 3.99. The second-order valence-corrected chi connectivity index (χ2v) is 5.46. The summed E-state index contributed by atoms with van der Waals surface area (Å²) in [6, 6.07) is 1.22. The van der Waals surface area contributed by atoms with Crippen LogP contribution in [-0.2, 0) is 0 Å². The van der Waals surface area contributed by atoms with Gasteiger partial charge in [-0.3, -0.25) is 10.6 Å². The normalized spacial score (nSPS) is 20.8. The molecule has 5 N–H and O–H groups in total. The molecule has 2 atom stereocenters. The molecule has 18 heavy (non-hydrogen) atoms. The lowest BCUT2D eigenvalue weighted by Gasteiger charge is -2.31. The quantitative estimate of drug-likeness (QED) is 0.468. The van der Waals surface area contributed by atoms with Crippen molar-refractivity contribution in [1.29, 1.82) is 0 Å². The molecule has 2 unspecified atom stereocenters. The van der Waals surface area contributed by atoms with Crippen LogP contribution in [0.3, 0.4) is 0 Å². The van der Waals surface area contributed by atoms with Crippen LogP contribution in [-0.4, -0.2) is 38.4 Å². The Morgan fingerprint density at radius 2 is 1.94 bits per heavy atom. The average molecular weight is 256 g/mol. The highest BCUT2D eigenvalue weighted by Crippen LogP contribution is 2.17. The minimum Gasteiger partial charge on any atom is -0.330 e. The molecular formula is C14H32N4. The lowest BCUT2D eigenvalue weighted by Crippen LogP contribution is -2.54. The van der Waals surface area contributed by atoms with E-state index in [9.17, 15) is 0 Å². The molecule has 108 valence electrons. The zero-order valence-electron chi connectivity index (χ0n) is 12.2. The first-order chi connectivity index (χ1) is 8.80. The zero-order chi connectivity index (χ0) is 13.2. The van der Waals surface area contributed by atoms with E-state index in [1.807, 2.05) is 7.05 Å². The van der Waals surface area contributed by atoms with Crippen molar-refractivity contribution in [2.24, 2.45) is 5.73 Å². The number of rotatable bonds is 9. The van der Waals surface area contributed by atoms with Gasteiger partial charge >= 0.3 is 0 Å². The largest absolute Gasteiger partial charge is 0.330 e. The van der Waals surface area contributed by atoms with Gasteiger partial charge in [-0.1, -0.05) is 26.2 Å². The van der Waals surface area contributed by atoms with E-state index < -0.39 is 0 Å². The van der Waals surface area contributed by atoms with Gasteiger partial charge in [-0.2, -0.15) is 0 Å². The van der Waals surface area contributed by atoms with Crippen molar-refractivity contribution < 1.29 is 0 Å². The molecule has 0 aromatic rings. The standard InChI is InChI=1S/C14H32N4/c1-3-12(11-16-2)17-14(9-10-15)18-13-7-5-4-6-8-13/h12-14,16-18H,3-11,15H2,1-2H3. The Morgan fingerprint density at radius 3 is 2.50 bits per heavy atom. The molecule has 0 aromatic heterocycles. The number of likely N-dealkylation sites (N-methyl/N-ethyl adjacent to an activating group) is 1. The molecular weight excluding hydrogens is 224 g/mol. The molecule has 4 heteroatoms. The van der Waals surface area contributed by atoms with Gasteiger partial charge in [-0.05, 0) is 39.3 Å². The minimum absolute atomic E-state index is 0.372. The van der Waals surface area contributed by atoms with Crippen LogP contribution in [0.25, 0.3) is 0 Å². The summed E-state index contributed by atoms with van der Waals surface area (Å²) in [5, 5.41) is 10.7. The maximum atomic E-state index is 5.73. The lowest BCUT2D eigenvalue weighted by atomic mass is 9.95. The van der Waals surface area contributed by atoms with Crippen LogP contribution in [0.15, 0.2) is 0 Å². The van der Waals surface area contributed by atoms with Crippen LogP contribution in [0, 0.1) is 0 Å². The van der Waals surface area contributed by atoms with Gasteiger partial charge in [-0.15, -0.1) is 0 Å². The van der Waals surface area contributed by atoms with Gasteiger partial charge in [0.1, 0.15) is 0 Å². The molecule has 4 nitrogen and oxygen atoms in total. The fourth-order valence-corrected chi connectivity index (χ4v) is 2.79. The highest BCUT2D eigenvalue weighted by molar-refractivity contribution is 4.79. The Kier molecular flexibility index (Phi) is 8.59. The second kappa shape index (κ2) is 9.73. The fraction of sp³-hybridized carbons (Fsp3) is 1.00. The summed E-state index contributed by atoms with van der Waals surface area (Å²) in [5.74, 6) is 0. The van der Waals surface area contributed by atoms with Gasteiger partial charge in [-0.25, -0.2) is 0 Å². The van der Waals surface area contributed by atoms with Gasteiger partial charge in [0.25, 0.3) is 0 Å². The number of hydrogen-bond donors (Lipinski definition) is 4. The van der Waals surface area contributed by atoms with E-state index in [4.69, 9.17) is 5.73 Å². The molecule has 0 radical (unpaired) electrons. The molecule has 0 heterocycles. The van der Waals surface area contributed by atoms with Gasteiger partial charge in [0.15, 0.2) is 0 Å². The maximum Gasteiger partial charge on any atom is 0.0588 e. The topological polar surface area (TPSA) is 62.1 Å². The lowest BCUT2D eigenvalue weighted by molar-refractivity contribution is 0.276. The first-order valence-electron chi connectivity index (χ1n) is 7.66. The monoisotopic (exact) mass is 256 g/mol. The predicted molar refractivity (Wildman–Crippen MR) is 78.6 cm³/mol. The summed E-state index contributed by atoms with van der Waals surface area (Å²) in [7, 11) is 2.01. The summed E-state index contributed by atoms with van der Waals surface area (Å²) >= 11 is 0. The van der Waals surface area contributed by atoms with Crippen molar-refractivity contribution in [3.8, 4) is 0 Å². The van der Waals surface area contributed by atoms with Crippen molar-refractivity contribution in [3.63, 3.8) is 0 Å². The highest BCUT2D eigenvalue weighted by atomic mass is 15.2. The summed E-state index contributed by atoms with van der Waals surface area (Å²) in [6.07, 6.45) is 9.34. The van der Waals surface area contributed by atoms with E-state index in [1.165, 1.54) is 32.1 Å². The minimum atomic E-state index is 0.372. The zero-order valence-corrected chi connectivity index (χ0v) is 12.2. The molecule has 1 aliphatic rings. The van der Waals surface area contributed by atoms with Crippen LogP contribution in [0.4, 0.5) is 0 Å². The van der Waals surface area contributed by atoms with Crippen LogP contribution in [0.5, 0.6) is 0 Å². The Balaban J connectivity index is 2.36.